The molecule has 17 atom stereocenters. The quantitative estimate of drug-likeness (QED) is 0.195. The van der Waals surface area contributed by atoms with Gasteiger partial charge in [-0.1, -0.05) is 44.9 Å². The summed E-state index contributed by atoms with van der Waals surface area (Å²) in [5, 5.41) is 32.9. The normalized spacial score (nSPS) is 56.9. The van der Waals surface area contributed by atoms with E-state index < -0.39 is 6.17 Å². The maximum absolute atomic E-state index is 15.8. The molecule has 238 valence electrons. The number of hydrogen-bond donors (Lipinski definition) is 8. The third-order valence-corrected chi connectivity index (χ3v) is 13.8. The number of hydrogen-bond acceptors (Lipinski definition) is 8. The van der Waals surface area contributed by atoms with Crippen LogP contribution in [0.4, 0.5) is 4.39 Å². The zero-order chi connectivity index (χ0) is 27.1. The van der Waals surface area contributed by atoms with E-state index in [0.29, 0.717) is 66.1 Å². The van der Waals surface area contributed by atoms with Gasteiger partial charge in [0.15, 0.2) is 0 Å². The van der Waals surface area contributed by atoms with Gasteiger partial charge in [0.25, 0.3) is 0 Å². The summed E-state index contributed by atoms with van der Waals surface area (Å²) < 4.78 is 15.8. The fourth-order valence-corrected chi connectivity index (χ4v) is 12.0. The average molecular weight is 627 g/mol. The fraction of sp³-hybridized carbons (Fsp3) is 1.00. The Balaban J connectivity index is 0.00000267. The Kier molecular flexibility index (Phi) is 8.47. The first kappa shape index (κ1) is 29.5. The van der Waals surface area contributed by atoms with Gasteiger partial charge in [0.2, 0.25) is 0 Å². The van der Waals surface area contributed by atoms with E-state index in [-0.39, 0.29) is 47.6 Å². The zero-order valence-electron chi connectivity index (χ0n) is 25.2. The topological polar surface area (TPSA) is 96.2 Å². The summed E-state index contributed by atoms with van der Waals surface area (Å²) in [7, 11) is 0. The van der Waals surface area contributed by atoms with Gasteiger partial charge >= 0.3 is 0 Å². The van der Waals surface area contributed by atoms with Crippen molar-refractivity contribution < 1.29 is 21.5 Å². The van der Waals surface area contributed by atoms with Crippen molar-refractivity contribution in [2.45, 2.75) is 152 Å². The Morgan fingerprint density at radius 3 is 0.905 bits per heavy atom. The second-order valence-electron chi connectivity index (χ2n) is 15.7. The molecular formula is C32H55FFeN8. The van der Waals surface area contributed by atoms with E-state index in [1.807, 2.05) is 0 Å². The minimum atomic E-state index is -0.721. The van der Waals surface area contributed by atoms with Crippen LogP contribution in [0, 0.1) is 47.3 Å². The monoisotopic (exact) mass is 626 g/mol. The summed E-state index contributed by atoms with van der Waals surface area (Å²) >= 11 is 0. The first-order chi connectivity index (χ1) is 20.2. The van der Waals surface area contributed by atoms with Crippen molar-refractivity contribution >= 4 is 0 Å². The van der Waals surface area contributed by atoms with Gasteiger partial charge < -0.3 is 0 Å². The predicted molar refractivity (Wildman–Crippen MR) is 157 cm³/mol. The summed E-state index contributed by atoms with van der Waals surface area (Å²) in [6.07, 6.45) is 20.2. The van der Waals surface area contributed by atoms with Crippen molar-refractivity contribution in [1.29, 1.82) is 0 Å². The molecular weight excluding hydrogens is 571 g/mol. The van der Waals surface area contributed by atoms with Gasteiger partial charge in [0, 0.05) is 23.0 Å². The molecule has 4 aliphatic carbocycles. The first-order valence-corrected chi connectivity index (χ1v) is 17.9. The number of rotatable bonds is 0. The van der Waals surface area contributed by atoms with Gasteiger partial charge in [-0.2, -0.15) is 0 Å². The molecule has 17 unspecified atom stereocenters. The number of nitrogens with one attached hydrogen (secondary N) is 8. The Morgan fingerprint density at radius 2 is 0.571 bits per heavy atom. The van der Waals surface area contributed by atoms with Crippen LogP contribution in [0.2, 0.25) is 0 Å². The molecule has 8 bridgehead atoms. The third-order valence-electron chi connectivity index (χ3n) is 13.8. The van der Waals surface area contributed by atoms with E-state index in [1.165, 1.54) is 77.0 Å². The van der Waals surface area contributed by atoms with Crippen LogP contribution in [-0.4, -0.2) is 55.5 Å². The number of alkyl halides is 1. The van der Waals surface area contributed by atoms with Crippen molar-refractivity contribution in [3.05, 3.63) is 0 Å². The van der Waals surface area contributed by atoms with E-state index in [2.05, 4.69) is 42.5 Å². The number of fused-ring (bicyclic) bond motifs is 20. The molecule has 4 saturated carbocycles. The van der Waals surface area contributed by atoms with Crippen molar-refractivity contribution in [1.82, 2.24) is 42.5 Å². The first-order valence-electron chi connectivity index (χ1n) is 17.9. The van der Waals surface area contributed by atoms with Gasteiger partial charge in [0.05, 0.1) is 49.3 Å². The molecule has 9 rings (SSSR count). The molecule has 8 N–H and O–H groups in total. The van der Waals surface area contributed by atoms with E-state index >= 15 is 4.39 Å². The Morgan fingerprint density at radius 1 is 0.310 bits per heavy atom. The molecule has 5 heterocycles. The van der Waals surface area contributed by atoms with Crippen molar-refractivity contribution in [2.75, 3.05) is 0 Å². The summed E-state index contributed by atoms with van der Waals surface area (Å²) in [4.78, 5) is 0. The van der Waals surface area contributed by atoms with Gasteiger partial charge in [-0.15, -0.1) is 0 Å². The van der Waals surface area contributed by atoms with Crippen LogP contribution in [-0.2, 0) is 17.1 Å². The minimum absolute atomic E-state index is 0. The SMILES string of the molecule is FC1CCCC2C3NC4NC(NC5NC(NC6NC(NC(N3)C12)C1CCCCC61)C1CCCCC51)C1CCCCC41.[Fe]. The maximum Gasteiger partial charge on any atom is 0.106 e. The molecule has 5 saturated heterocycles. The standard InChI is InChI=1S/C32H55FN8.Fe/c33-23-15-7-14-22-24(23)32-40-30-21-13-6-5-12-20(21)28(38-30)36-26-17-9-2-1-8-16(17)25(34-26)35-27-18-10-3-4-11-19(18)29(37-27)39-31(22)41-32;/h16-32,34-41H,1-15H2;. The maximum atomic E-state index is 15.8. The molecule has 0 amide bonds. The van der Waals surface area contributed by atoms with Gasteiger partial charge in [-0.05, 0) is 92.8 Å². The minimum Gasteiger partial charge on any atom is -0.286 e. The average Bonchev–Trinajstić information content (AvgIpc) is 3.73. The van der Waals surface area contributed by atoms with Gasteiger partial charge in [-0.25, -0.2) is 4.39 Å². The van der Waals surface area contributed by atoms with Gasteiger partial charge in [-0.3, -0.25) is 42.5 Å². The van der Waals surface area contributed by atoms with Crippen LogP contribution in [0.5, 0.6) is 0 Å². The Labute approximate surface area is 262 Å². The fourth-order valence-electron chi connectivity index (χ4n) is 12.0. The molecule has 5 aliphatic heterocycles. The second kappa shape index (κ2) is 12.1. The van der Waals surface area contributed by atoms with Crippen LogP contribution in [0.3, 0.4) is 0 Å². The van der Waals surface area contributed by atoms with Crippen LogP contribution in [0.1, 0.15) is 96.3 Å². The number of halogens is 1. The molecule has 0 aromatic rings. The summed E-state index contributed by atoms with van der Waals surface area (Å²) in [5.41, 5.74) is 0. The van der Waals surface area contributed by atoms with Crippen LogP contribution < -0.4 is 42.5 Å². The molecule has 10 heteroatoms. The molecule has 42 heavy (non-hydrogen) atoms. The molecule has 0 spiro atoms. The van der Waals surface area contributed by atoms with Crippen LogP contribution in [0.15, 0.2) is 0 Å². The van der Waals surface area contributed by atoms with Crippen LogP contribution >= 0.6 is 0 Å². The largest absolute Gasteiger partial charge is 0.286 e. The van der Waals surface area contributed by atoms with E-state index in [9.17, 15) is 0 Å². The summed E-state index contributed by atoms with van der Waals surface area (Å²) in [5.74, 6) is 4.36. The molecule has 9 fully saturated rings. The molecule has 9 aliphatic rings. The van der Waals surface area contributed by atoms with E-state index in [1.54, 1.807) is 0 Å². The third kappa shape index (κ3) is 4.98. The summed E-state index contributed by atoms with van der Waals surface area (Å²) in [6.45, 7) is 0. The zero-order valence-corrected chi connectivity index (χ0v) is 26.3. The van der Waals surface area contributed by atoms with Crippen molar-refractivity contribution in [3.63, 3.8) is 0 Å². The van der Waals surface area contributed by atoms with Crippen molar-refractivity contribution in [3.8, 4) is 0 Å². The smallest absolute Gasteiger partial charge is 0.106 e. The molecule has 0 aromatic carbocycles. The molecule has 8 nitrogen and oxygen atoms in total. The van der Waals surface area contributed by atoms with Crippen LogP contribution in [0.25, 0.3) is 0 Å². The second-order valence-corrected chi connectivity index (χ2v) is 15.7. The Hall–Kier alpha value is 0.129. The molecule has 0 aromatic heterocycles. The Bertz CT molecular complexity index is 959. The molecule has 0 radical (unpaired) electrons. The van der Waals surface area contributed by atoms with Crippen molar-refractivity contribution in [2.24, 2.45) is 47.3 Å². The van der Waals surface area contributed by atoms with Gasteiger partial charge in [0.1, 0.15) is 6.17 Å². The summed E-state index contributed by atoms with van der Waals surface area (Å²) in [6, 6.07) is 0. The van der Waals surface area contributed by atoms with E-state index in [4.69, 9.17) is 0 Å². The predicted octanol–water partition coefficient (Wildman–Crippen LogP) is 2.55. The van der Waals surface area contributed by atoms with E-state index in [0.717, 1.165) is 19.3 Å².